The first-order valence-corrected chi connectivity index (χ1v) is 6.95. The third kappa shape index (κ3) is 3.14. The van der Waals surface area contributed by atoms with Crippen molar-refractivity contribution in [1.29, 1.82) is 0 Å². The Morgan fingerprint density at radius 2 is 2.17 bits per heavy atom. The summed E-state index contributed by atoms with van der Waals surface area (Å²) in [4.78, 5) is 23.1. The fourth-order valence-electron chi connectivity index (χ4n) is 1.51. The van der Waals surface area contributed by atoms with Gasteiger partial charge in [0.25, 0.3) is 5.91 Å². The summed E-state index contributed by atoms with van der Waals surface area (Å²) in [6.07, 6.45) is 3.38. The van der Waals surface area contributed by atoms with Gasteiger partial charge in [0.1, 0.15) is 4.60 Å². The second-order valence-corrected chi connectivity index (χ2v) is 6.01. The minimum absolute atomic E-state index is 0.0407. The summed E-state index contributed by atoms with van der Waals surface area (Å²) >= 11 is 4.85. The Morgan fingerprint density at radius 3 is 2.72 bits per heavy atom. The van der Waals surface area contributed by atoms with E-state index in [0.29, 0.717) is 12.1 Å². The number of carbonyl (C=O) groups is 1. The maximum atomic E-state index is 12.1. The molecule has 94 valence electrons. The number of halogens is 1. The van der Waals surface area contributed by atoms with E-state index in [1.54, 1.807) is 41.6 Å². The van der Waals surface area contributed by atoms with Gasteiger partial charge in [-0.1, -0.05) is 0 Å². The molecule has 0 spiro atoms. The summed E-state index contributed by atoms with van der Waals surface area (Å²) in [5.74, 6) is -0.0407. The number of aromatic nitrogens is 2. The van der Waals surface area contributed by atoms with Gasteiger partial charge in [-0.25, -0.2) is 9.97 Å². The molecule has 2 aromatic rings. The lowest BCUT2D eigenvalue weighted by atomic mass is 10.2. The Hall–Kier alpha value is -1.27. The highest BCUT2D eigenvalue weighted by Crippen LogP contribution is 2.15. The van der Waals surface area contributed by atoms with E-state index in [9.17, 15) is 4.79 Å². The van der Waals surface area contributed by atoms with Gasteiger partial charge in [0.15, 0.2) is 0 Å². The molecule has 0 N–H and O–H groups in total. The first-order valence-electron chi connectivity index (χ1n) is 5.34. The lowest BCUT2D eigenvalue weighted by Gasteiger charge is -2.15. The number of nitrogens with zero attached hydrogens (tertiary/aromatic N) is 3. The number of aryl methyl sites for hydroxylation is 1. The molecular weight excluding hydrogens is 314 g/mol. The van der Waals surface area contributed by atoms with Crippen molar-refractivity contribution < 1.29 is 4.79 Å². The van der Waals surface area contributed by atoms with Crippen molar-refractivity contribution in [3.8, 4) is 0 Å². The number of carbonyl (C=O) groups excluding carboxylic acids is 1. The van der Waals surface area contributed by atoms with Gasteiger partial charge in [0, 0.05) is 24.3 Å². The molecule has 0 bridgehead atoms. The molecule has 2 aromatic heterocycles. The van der Waals surface area contributed by atoms with Gasteiger partial charge in [0.2, 0.25) is 0 Å². The molecule has 0 aromatic carbocycles. The Morgan fingerprint density at radius 1 is 1.39 bits per heavy atom. The van der Waals surface area contributed by atoms with Gasteiger partial charge in [-0.05, 0) is 35.0 Å². The lowest BCUT2D eigenvalue weighted by Crippen LogP contribution is -2.25. The van der Waals surface area contributed by atoms with Crippen LogP contribution in [0.2, 0.25) is 0 Å². The molecule has 0 unspecified atom stereocenters. The zero-order valence-corrected chi connectivity index (χ0v) is 12.5. The average molecular weight is 326 g/mol. The first-order chi connectivity index (χ1) is 8.56. The molecule has 0 saturated carbocycles. The summed E-state index contributed by atoms with van der Waals surface area (Å²) in [6.45, 7) is 2.52. The monoisotopic (exact) mass is 325 g/mol. The number of pyridine rings is 1. The number of amides is 1. The van der Waals surface area contributed by atoms with Gasteiger partial charge in [-0.2, -0.15) is 0 Å². The number of hydrogen-bond donors (Lipinski definition) is 0. The SMILES string of the molecule is Cc1ncc(CN(C)C(=O)c2ccc(Br)nc2)s1. The molecule has 1 amide bonds. The van der Waals surface area contributed by atoms with Crippen molar-refractivity contribution in [3.63, 3.8) is 0 Å². The van der Waals surface area contributed by atoms with E-state index in [1.165, 1.54) is 0 Å². The van der Waals surface area contributed by atoms with Crippen LogP contribution in [-0.4, -0.2) is 27.8 Å². The predicted octanol–water partition coefficient (Wildman–Crippen LogP) is 2.88. The third-order valence-electron chi connectivity index (χ3n) is 2.38. The van der Waals surface area contributed by atoms with Crippen LogP contribution in [0.15, 0.2) is 29.1 Å². The van der Waals surface area contributed by atoms with Crippen LogP contribution in [0, 0.1) is 6.92 Å². The summed E-state index contributed by atoms with van der Waals surface area (Å²) < 4.78 is 0.722. The molecule has 0 aliphatic heterocycles. The van der Waals surface area contributed by atoms with Gasteiger partial charge in [0.05, 0.1) is 17.1 Å². The fraction of sp³-hybridized carbons (Fsp3) is 0.250. The smallest absolute Gasteiger partial charge is 0.255 e. The zero-order valence-electron chi connectivity index (χ0n) is 10.1. The summed E-state index contributed by atoms with van der Waals surface area (Å²) in [6, 6.07) is 3.52. The molecule has 0 aliphatic rings. The standard InChI is InChI=1S/C12H12BrN3OS/c1-8-14-6-10(18-8)7-16(2)12(17)9-3-4-11(13)15-5-9/h3-6H,7H2,1-2H3. The van der Waals surface area contributed by atoms with Crippen LogP contribution in [-0.2, 0) is 6.54 Å². The van der Waals surface area contributed by atoms with Crippen LogP contribution < -0.4 is 0 Å². The van der Waals surface area contributed by atoms with Gasteiger partial charge in [-0.3, -0.25) is 4.79 Å². The van der Waals surface area contributed by atoms with Crippen molar-refractivity contribution in [1.82, 2.24) is 14.9 Å². The first kappa shape index (κ1) is 13.2. The van der Waals surface area contributed by atoms with Crippen LogP contribution in [0.4, 0.5) is 0 Å². The molecular formula is C12H12BrN3OS. The third-order valence-corrected chi connectivity index (χ3v) is 3.75. The molecule has 0 fully saturated rings. The van der Waals surface area contributed by atoms with Gasteiger partial charge < -0.3 is 4.90 Å². The maximum Gasteiger partial charge on any atom is 0.255 e. The van der Waals surface area contributed by atoms with E-state index in [0.717, 1.165) is 14.5 Å². The second kappa shape index (κ2) is 5.58. The largest absolute Gasteiger partial charge is 0.336 e. The lowest BCUT2D eigenvalue weighted by molar-refractivity contribution is 0.0786. The van der Waals surface area contributed by atoms with Gasteiger partial charge >= 0.3 is 0 Å². The Kier molecular flexibility index (Phi) is 4.08. The maximum absolute atomic E-state index is 12.1. The van der Waals surface area contributed by atoms with Gasteiger partial charge in [-0.15, -0.1) is 11.3 Å². The summed E-state index contributed by atoms with van der Waals surface area (Å²) in [5, 5.41) is 1.01. The average Bonchev–Trinajstić information content (AvgIpc) is 2.75. The normalized spacial score (nSPS) is 10.4. The van der Waals surface area contributed by atoms with E-state index in [2.05, 4.69) is 25.9 Å². The number of hydrogen-bond acceptors (Lipinski definition) is 4. The minimum atomic E-state index is -0.0407. The Balaban J connectivity index is 2.07. The molecule has 0 atom stereocenters. The highest BCUT2D eigenvalue weighted by atomic mass is 79.9. The highest BCUT2D eigenvalue weighted by Gasteiger charge is 2.13. The predicted molar refractivity (Wildman–Crippen MR) is 74.6 cm³/mol. The molecule has 0 radical (unpaired) electrons. The van der Waals surface area contributed by atoms with Crippen LogP contribution >= 0.6 is 27.3 Å². The zero-order chi connectivity index (χ0) is 13.1. The number of rotatable bonds is 3. The summed E-state index contributed by atoms with van der Waals surface area (Å²) in [7, 11) is 1.78. The van der Waals surface area contributed by atoms with E-state index < -0.39 is 0 Å². The van der Waals surface area contributed by atoms with Crippen LogP contribution in [0.25, 0.3) is 0 Å². The molecule has 2 rings (SSSR count). The van der Waals surface area contributed by atoms with Crippen LogP contribution in [0.3, 0.4) is 0 Å². The highest BCUT2D eigenvalue weighted by molar-refractivity contribution is 9.10. The Labute approximate surface area is 118 Å². The van der Waals surface area contributed by atoms with Crippen LogP contribution in [0.5, 0.6) is 0 Å². The second-order valence-electron chi connectivity index (χ2n) is 3.88. The topological polar surface area (TPSA) is 46.1 Å². The quantitative estimate of drug-likeness (QED) is 0.815. The van der Waals surface area contributed by atoms with E-state index in [4.69, 9.17) is 0 Å². The molecule has 2 heterocycles. The Bertz CT molecular complexity index is 553. The van der Waals surface area contributed by atoms with Crippen molar-refractivity contribution in [2.24, 2.45) is 0 Å². The molecule has 0 aliphatic carbocycles. The van der Waals surface area contributed by atoms with Crippen LogP contribution in [0.1, 0.15) is 20.2 Å². The number of thiazole rings is 1. The van der Waals surface area contributed by atoms with Crippen molar-refractivity contribution in [2.45, 2.75) is 13.5 Å². The molecule has 4 nitrogen and oxygen atoms in total. The van der Waals surface area contributed by atoms with E-state index in [-0.39, 0.29) is 5.91 Å². The fourth-order valence-corrected chi connectivity index (χ4v) is 2.59. The minimum Gasteiger partial charge on any atom is -0.336 e. The summed E-state index contributed by atoms with van der Waals surface area (Å²) in [5.41, 5.74) is 0.585. The molecule has 0 saturated heterocycles. The van der Waals surface area contributed by atoms with Crippen molar-refractivity contribution in [2.75, 3.05) is 7.05 Å². The van der Waals surface area contributed by atoms with E-state index in [1.807, 2.05) is 13.1 Å². The molecule has 18 heavy (non-hydrogen) atoms. The molecule has 6 heteroatoms. The van der Waals surface area contributed by atoms with Crippen molar-refractivity contribution >= 4 is 33.2 Å². The van der Waals surface area contributed by atoms with E-state index >= 15 is 0 Å². The van der Waals surface area contributed by atoms with Crippen molar-refractivity contribution in [3.05, 3.63) is 44.6 Å².